The number of hydrogen-bond acceptors (Lipinski definition) is 4. The topological polar surface area (TPSA) is 95.5 Å². The highest BCUT2D eigenvalue weighted by Crippen LogP contribution is 2.12. The molecule has 0 fully saturated rings. The number of hydroxylamine groups is 1. The molecule has 0 aliphatic rings. The summed E-state index contributed by atoms with van der Waals surface area (Å²) in [5.74, 6) is -1.39. The van der Waals surface area contributed by atoms with Crippen LogP contribution in [0, 0.1) is 5.82 Å². The first kappa shape index (κ1) is 16.5. The van der Waals surface area contributed by atoms with Gasteiger partial charge in [0.15, 0.2) is 0 Å². The maximum Gasteiger partial charge on any atom is 0.261 e. The van der Waals surface area contributed by atoms with Crippen LogP contribution >= 0.6 is 0 Å². The molecule has 0 unspecified atom stereocenters. The number of rotatable bonds is 7. The van der Waals surface area contributed by atoms with E-state index in [4.69, 9.17) is 5.21 Å². The Balaban J connectivity index is 2.90. The molecule has 1 atom stereocenters. The number of carbonyl (C=O) groups excluding carboxylic acids is 1. The second-order valence-electron chi connectivity index (χ2n) is 4.25. The van der Waals surface area contributed by atoms with E-state index in [0.29, 0.717) is 6.42 Å². The molecule has 1 aromatic rings. The maximum atomic E-state index is 12.8. The van der Waals surface area contributed by atoms with E-state index in [1.165, 1.54) is 5.48 Å². The van der Waals surface area contributed by atoms with Crippen molar-refractivity contribution in [3.63, 3.8) is 0 Å². The molecule has 1 amide bonds. The van der Waals surface area contributed by atoms with Crippen molar-refractivity contribution in [2.24, 2.45) is 0 Å². The van der Waals surface area contributed by atoms with Crippen LogP contribution in [0.25, 0.3) is 0 Å². The molecule has 0 aliphatic carbocycles. The molecule has 0 aromatic heterocycles. The highest BCUT2D eigenvalue weighted by Gasteiger charge is 2.25. The molecule has 6 nitrogen and oxygen atoms in total. The van der Waals surface area contributed by atoms with Crippen molar-refractivity contribution in [2.75, 3.05) is 0 Å². The van der Waals surface area contributed by atoms with Gasteiger partial charge in [0.1, 0.15) is 11.9 Å². The van der Waals surface area contributed by atoms with E-state index < -0.39 is 27.8 Å². The van der Waals surface area contributed by atoms with Gasteiger partial charge in [-0.05, 0) is 30.7 Å². The van der Waals surface area contributed by atoms with Gasteiger partial charge in [-0.15, -0.1) is 0 Å². The number of benzene rings is 1. The van der Waals surface area contributed by atoms with Crippen LogP contribution in [0.3, 0.4) is 0 Å². The molecule has 0 saturated carbocycles. The van der Waals surface area contributed by atoms with Crippen molar-refractivity contribution in [3.8, 4) is 0 Å². The fraction of sp³-hybridized carbons (Fsp3) is 0.417. The first-order chi connectivity index (χ1) is 9.40. The van der Waals surface area contributed by atoms with Crippen LogP contribution in [-0.2, 0) is 14.8 Å². The molecule has 8 heteroatoms. The van der Waals surface area contributed by atoms with E-state index in [9.17, 15) is 17.6 Å². The minimum absolute atomic E-state index is 0.147. The summed E-state index contributed by atoms with van der Waals surface area (Å²) in [5, 5.41) is 8.62. The fourth-order valence-corrected chi connectivity index (χ4v) is 2.83. The molecule has 0 saturated heterocycles. The second kappa shape index (κ2) is 7.32. The quantitative estimate of drug-likeness (QED) is 0.520. The van der Waals surface area contributed by atoms with Gasteiger partial charge in [-0.2, -0.15) is 4.72 Å². The summed E-state index contributed by atoms with van der Waals surface area (Å²) in [4.78, 5) is 11.3. The summed E-state index contributed by atoms with van der Waals surface area (Å²) in [5.41, 5.74) is 1.43. The zero-order valence-corrected chi connectivity index (χ0v) is 11.8. The number of sulfonamides is 1. The first-order valence-corrected chi connectivity index (χ1v) is 7.61. The number of nitrogens with one attached hydrogen (secondary N) is 2. The Morgan fingerprint density at radius 3 is 2.45 bits per heavy atom. The normalized spacial score (nSPS) is 12.9. The molecule has 20 heavy (non-hydrogen) atoms. The smallest absolute Gasteiger partial charge is 0.261 e. The van der Waals surface area contributed by atoms with E-state index in [-0.39, 0.29) is 11.3 Å². The summed E-state index contributed by atoms with van der Waals surface area (Å²) < 4.78 is 39.1. The van der Waals surface area contributed by atoms with Gasteiger partial charge in [0.25, 0.3) is 5.91 Å². The lowest BCUT2D eigenvalue weighted by atomic mass is 10.1. The summed E-state index contributed by atoms with van der Waals surface area (Å²) in [7, 11) is -3.95. The molecule has 0 radical (unpaired) electrons. The molecule has 0 bridgehead atoms. The molecule has 1 rings (SSSR count). The fourth-order valence-electron chi connectivity index (χ4n) is 1.60. The Morgan fingerprint density at radius 1 is 1.35 bits per heavy atom. The highest BCUT2D eigenvalue weighted by molar-refractivity contribution is 7.89. The predicted molar refractivity (Wildman–Crippen MR) is 70.0 cm³/mol. The molecule has 112 valence electrons. The van der Waals surface area contributed by atoms with Crippen molar-refractivity contribution >= 4 is 15.9 Å². The number of halogens is 1. The monoisotopic (exact) mass is 304 g/mol. The molecule has 3 N–H and O–H groups in total. The van der Waals surface area contributed by atoms with Gasteiger partial charge in [0, 0.05) is 0 Å². The zero-order chi connectivity index (χ0) is 15.2. The van der Waals surface area contributed by atoms with Crippen LogP contribution in [0.15, 0.2) is 29.2 Å². The minimum atomic E-state index is -3.95. The summed E-state index contributed by atoms with van der Waals surface area (Å²) in [6.07, 6.45) is 1.64. The molecule has 0 aliphatic heterocycles. The van der Waals surface area contributed by atoms with Gasteiger partial charge in [-0.1, -0.05) is 19.8 Å². The van der Waals surface area contributed by atoms with E-state index in [1.807, 2.05) is 6.92 Å². The third-order valence-corrected chi connectivity index (χ3v) is 4.18. The summed E-state index contributed by atoms with van der Waals surface area (Å²) in [6.45, 7) is 1.89. The Kier molecular flexibility index (Phi) is 6.05. The Bertz CT molecular complexity index is 545. The third-order valence-electron chi connectivity index (χ3n) is 2.69. The molecular formula is C12H17FN2O4S. The second-order valence-corrected chi connectivity index (χ2v) is 5.96. The van der Waals surface area contributed by atoms with Crippen molar-refractivity contribution in [2.45, 2.75) is 37.1 Å². The van der Waals surface area contributed by atoms with E-state index >= 15 is 0 Å². The standard InChI is InChI=1S/C12H17FN2O4S/c1-2-3-4-11(12(16)14-17)15-20(18,19)10-7-5-9(13)6-8-10/h5-8,11,15,17H,2-4H2,1H3,(H,14,16)/t11-/m1/s1. The van der Waals surface area contributed by atoms with Crippen molar-refractivity contribution in [1.29, 1.82) is 0 Å². The lowest BCUT2D eigenvalue weighted by Crippen LogP contribution is -2.45. The minimum Gasteiger partial charge on any atom is -0.289 e. The Hall–Kier alpha value is -1.51. The van der Waals surface area contributed by atoms with Gasteiger partial charge in [-0.25, -0.2) is 18.3 Å². The largest absolute Gasteiger partial charge is 0.289 e. The number of unbranched alkanes of at least 4 members (excludes halogenated alkanes) is 1. The average Bonchev–Trinajstić information content (AvgIpc) is 2.43. The first-order valence-electron chi connectivity index (χ1n) is 6.12. The zero-order valence-electron chi connectivity index (χ0n) is 11.0. The lowest BCUT2D eigenvalue weighted by molar-refractivity contribution is -0.131. The number of hydrogen-bond donors (Lipinski definition) is 3. The molecule has 1 aromatic carbocycles. The van der Waals surface area contributed by atoms with Gasteiger partial charge in [0.05, 0.1) is 4.90 Å². The van der Waals surface area contributed by atoms with Crippen molar-refractivity contribution in [3.05, 3.63) is 30.1 Å². The van der Waals surface area contributed by atoms with Crippen LogP contribution in [0.4, 0.5) is 4.39 Å². The molecule has 0 heterocycles. The molecular weight excluding hydrogens is 287 g/mol. The van der Waals surface area contributed by atoms with Crippen LogP contribution in [0.2, 0.25) is 0 Å². The maximum absolute atomic E-state index is 12.8. The Morgan fingerprint density at radius 2 is 1.95 bits per heavy atom. The van der Waals surface area contributed by atoms with E-state index in [1.54, 1.807) is 0 Å². The SMILES string of the molecule is CCCC[C@@H](NS(=O)(=O)c1ccc(F)cc1)C(=O)NO. The van der Waals surface area contributed by atoms with Crippen LogP contribution in [-0.4, -0.2) is 25.6 Å². The highest BCUT2D eigenvalue weighted by atomic mass is 32.2. The van der Waals surface area contributed by atoms with Gasteiger partial charge >= 0.3 is 0 Å². The van der Waals surface area contributed by atoms with Crippen molar-refractivity contribution in [1.82, 2.24) is 10.2 Å². The van der Waals surface area contributed by atoms with Crippen LogP contribution in [0.1, 0.15) is 26.2 Å². The van der Waals surface area contributed by atoms with Crippen LogP contribution in [0.5, 0.6) is 0 Å². The number of amides is 1. The summed E-state index contributed by atoms with van der Waals surface area (Å²) >= 11 is 0. The summed E-state index contributed by atoms with van der Waals surface area (Å²) in [6, 6.07) is 3.16. The van der Waals surface area contributed by atoms with Gasteiger partial charge in [-0.3, -0.25) is 10.0 Å². The van der Waals surface area contributed by atoms with Crippen LogP contribution < -0.4 is 10.2 Å². The van der Waals surface area contributed by atoms with Gasteiger partial charge in [0.2, 0.25) is 10.0 Å². The van der Waals surface area contributed by atoms with E-state index in [0.717, 1.165) is 30.7 Å². The third kappa shape index (κ3) is 4.55. The number of carbonyl (C=O) groups is 1. The van der Waals surface area contributed by atoms with E-state index in [2.05, 4.69) is 4.72 Å². The van der Waals surface area contributed by atoms with Gasteiger partial charge < -0.3 is 0 Å². The lowest BCUT2D eigenvalue weighted by Gasteiger charge is -2.16. The average molecular weight is 304 g/mol. The Labute approximate surface area is 117 Å². The molecule has 0 spiro atoms. The van der Waals surface area contributed by atoms with Crippen molar-refractivity contribution < 1.29 is 22.8 Å². The predicted octanol–water partition coefficient (Wildman–Crippen LogP) is 1.17.